The van der Waals surface area contributed by atoms with Crippen molar-refractivity contribution in [2.75, 3.05) is 19.8 Å². The third kappa shape index (κ3) is 16.8. The van der Waals surface area contributed by atoms with Crippen molar-refractivity contribution < 1.29 is 36.3 Å². The Morgan fingerprint density at radius 3 is 1.90 bits per heavy atom. The Labute approximate surface area is 207 Å². The van der Waals surface area contributed by atoms with E-state index < -0.39 is 6.10 Å². The number of hydrogen-bond donors (Lipinski definition) is 1. The van der Waals surface area contributed by atoms with E-state index in [4.69, 9.17) is 14.2 Å². The molecule has 1 N–H and O–H groups in total. The Morgan fingerprint density at radius 2 is 1.47 bits per heavy atom. The summed E-state index contributed by atoms with van der Waals surface area (Å²) in [5, 5.41) is 9.33. The summed E-state index contributed by atoms with van der Waals surface area (Å²) < 4.78 is 15.8. The van der Waals surface area contributed by atoms with Crippen molar-refractivity contribution in [3.63, 3.8) is 0 Å². The van der Waals surface area contributed by atoms with Gasteiger partial charge in [0.1, 0.15) is 6.10 Å². The molecule has 2 aromatic rings. The van der Waals surface area contributed by atoms with Gasteiger partial charge in [-0.2, -0.15) is 0 Å². The molecule has 160 valence electrons. The van der Waals surface area contributed by atoms with E-state index in [1.165, 1.54) is 5.56 Å². The monoisotopic (exact) mass is 486 g/mol. The Balaban J connectivity index is 0. The van der Waals surface area contributed by atoms with Crippen molar-refractivity contribution in [2.24, 2.45) is 0 Å². The van der Waals surface area contributed by atoms with Crippen LogP contribution in [0.4, 0.5) is 0 Å². The second-order valence-corrected chi connectivity index (χ2v) is 6.13. The van der Waals surface area contributed by atoms with Crippen LogP contribution in [0.15, 0.2) is 79.9 Å². The Morgan fingerprint density at radius 1 is 1.00 bits per heavy atom. The van der Waals surface area contributed by atoms with Crippen molar-refractivity contribution in [2.45, 2.75) is 31.8 Å². The van der Waals surface area contributed by atoms with Crippen LogP contribution in [0.2, 0.25) is 0 Å². The van der Waals surface area contributed by atoms with Gasteiger partial charge in [-0.3, -0.25) is 6.58 Å². The topological polar surface area (TPSA) is 51.2 Å². The van der Waals surface area contributed by atoms with Gasteiger partial charge in [-0.25, -0.2) is 0 Å². The number of epoxide rings is 1. The molecule has 0 unspecified atom stereocenters. The summed E-state index contributed by atoms with van der Waals surface area (Å²) in [5.41, 5.74) is 2.34. The quantitative estimate of drug-likeness (QED) is 0.235. The first kappa shape index (κ1) is 31.2. The second kappa shape index (κ2) is 21.2. The number of rotatable bonds is 10. The van der Waals surface area contributed by atoms with Crippen LogP contribution >= 0.6 is 0 Å². The predicted octanol–water partition coefficient (Wildman–Crippen LogP) is 0.971. The molecule has 1 fully saturated rings. The smallest absolute Gasteiger partial charge is 1.00 e. The standard InChI is InChI=1S/C12H16O2.C10H12O2.C2H3.BrH.Mg/c1-2-6-12(13)10-14-9-11-7-4-3-5-8-11;1-2-4-9(5-3-1)6-11-7-10-8-12-10;1-2;;/h2-5,7-8,12-13H,1,6,9-10H2;1-5,10H,6-8H2;1H,2H2;1H;/q;;-1;;+2/p-1/t12-;10-;;;/m10.../s1. The second-order valence-electron chi connectivity index (χ2n) is 6.13. The normalized spacial score (nSPS) is 14.2. The molecule has 1 aliphatic heterocycles. The van der Waals surface area contributed by atoms with E-state index in [0.29, 0.717) is 32.3 Å². The first-order valence-electron chi connectivity index (χ1n) is 9.32. The van der Waals surface area contributed by atoms with Gasteiger partial charge in [0.15, 0.2) is 0 Å². The molecule has 0 bridgehead atoms. The Hall–Kier alpha value is -0.994. The fourth-order valence-corrected chi connectivity index (χ4v) is 2.19. The van der Waals surface area contributed by atoms with E-state index in [2.05, 4.69) is 31.9 Å². The molecule has 0 aliphatic carbocycles. The number of benzene rings is 2. The van der Waals surface area contributed by atoms with Crippen LogP contribution in [-0.2, 0) is 27.4 Å². The van der Waals surface area contributed by atoms with Crippen LogP contribution in [0, 0.1) is 6.58 Å². The van der Waals surface area contributed by atoms with E-state index in [-0.39, 0.29) is 40.0 Å². The van der Waals surface area contributed by atoms with E-state index in [1.807, 2.05) is 48.5 Å². The SMILES string of the molecule is C=CC[C@@H](O)COCc1ccccc1.[Br-].[CH-]=C.[Mg+2].c1ccc(COC[C@H]2CO2)cc1. The zero-order valence-electron chi connectivity index (χ0n) is 17.5. The van der Waals surface area contributed by atoms with Crippen LogP contribution in [0.3, 0.4) is 0 Å². The molecular formula is C24H31BrMgO4. The molecule has 0 amide bonds. The number of halogens is 1. The first-order chi connectivity index (χ1) is 13.8. The fraction of sp³-hybridized carbons (Fsp3) is 0.333. The molecule has 2 aromatic carbocycles. The van der Waals surface area contributed by atoms with Crippen LogP contribution in [0.1, 0.15) is 17.5 Å². The van der Waals surface area contributed by atoms with Gasteiger partial charge in [0, 0.05) is 0 Å². The Kier molecular flexibility index (Phi) is 22.1. The molecule has 0 spiro atoms. The van der Waals surface area contributed by atoms with Crippen molar-refractivity contribution >= 4 is 23.1 Å². The van der Waals surface area contributed by atoms with Gasteiger partial charge >= 0.3 is 23.1 Å². The summed E-state index contributed by atoms with van der Waals surface area (Å²) in [4.78, 5) is 0. The maximum absolute atomic E-state index is 9.33. The van der Waals surface area contributed by atoms with E-state index >= 15 is 0 Å². The first-order valence-corrected chi connectivity index (χ1v) is 9.32. The maximum Gasteiger partial charge on any atom is 2.00 e. The van der Waals surface area contributed by atoms with Gasteiger partial charge in [0.25, 0.3) is 0 Å². The van der Waals surface area contributed by atoms with Crippen molar-refractivity contribution in [3.05, 3.63) is 97.6 Å². The molecule has 4 nitrogen and oxygen atoms in total. The summed E-state index contributed by atoms with van der Waals surface area (Å²) in [6.45, 7) is 13.8. The molecule has 1 heterocycles. The van der Waals surface area contributed by atoms with E-state index in [1.54, 1.807) is 6.08 Å². The minimum absolute atomic E-state index is 0. The molecule has 0 radical (unpaired) electrons. The van der Waals surface area contributed by atoms with Gasteiger partial charge < -0.3 is 42.9 Å². The third-order valence-corrected chi connectivity index (χ3v) is 3.68. The van der Waals surface area contributed by atoms with E-state index in [0.717, 1.165) is 18.8 Å². The molecule has 0 saturated carbocycles. The fourth-order valence-electron chi connectivity index (χ4n) is 2.19. The predicted molar refractivity (Wildman–Crippen MR) is 118 cm³/mol. The van der Waals surface area contributed by atoms with E-state index in [9.17, 15) is 5.11 Å². The third-order valence-electron chi connectivity index (χ3n) is 3.68. The van der Waals surface area contributed by atoms with Crippen LogP contribution in [0.5, 0.6) is 0 Å². The average Bonchev–Trinajstić information content (AvgIpc) is 3.56. The van der Waals surface area contributed by atoms with Crippen molar-refractivity contribution in [1.82, 2.24) is 0 Å². The molecule has 30 heavy (non-hydrogen) atoms. The van der Waals surface area contributed by atoms with Crippen LogP contribution < -0.4 is 17.0 Å². The molecule has 1 aliphatic rings. The zero-order chi connectivity index (χ0) is 20.5. The summed E-state index contributed by atoms with van der Waals surface area (Å²) in [6, 6.07) is 20.1. The largest absolute Gasteiger partial charge is 2.00 e. The molecular weight excluding hydrogens is 456 g/mol. The van der Waals surface area contributed by atoms with Crippen molar-refractivity contribution in [1.29, 1.82) is 0 Å². The minimum Gasteiger partial charge on any atom is -1.00 e. The van der Waals surface area contributed by atoms with Crippen molar-refractivity contribution in [3.8, 4) is 0 Å². The molecule has 0 aromatic heterocycles. The number of hydrogen-bond acceptors (Lipinski definition) is 4. The average molecular weight is 488 g/mol. The van der Waals surface area contributed by atoms with Crippen LogP contribution in [-0.4, -0.2) is 60.2 Å². The maximum atomic E-state index is 9.33. The van der Waals surface area contributed by atoms with Crippen LogP contribution in [0.25, 0.3) is 0 Å². The summed E-state index contributed by atoms with van der Waals surface area (Å²) in [7, 11) is 0. The van der Waals surface area contributed by atoms with Gasteiger partial charge in [-0.05, 0) is 17.5 Å². The number of aliphatic hydroxyl groups excluding tert-OH is 1. The Bertz CT molecular complexity index is 624. The molecule has 3 rings (SSSR count). The minimum atomic E-state index is -0.434. The number of ether oxygens (including phenoxy) is 3. The molecule has 1 saturated heterocycles. The number of aliphatic hydroxyl groups is 1. The summed E-state index contributed by atoms with van der Waals surface area (Å²) >= 11 is 0. The summed E-state index contributed by atoms with van der Waals surface area (Å²) in [6.07, 6.45) is 2.20. The van der Waals surface area contributed by atoms with Gasteiger partial charge in [-0.1, -0.05) is 66.7 Å². The molecule has 2 atom stereocenters. The van der Waals surface area contributed by atoms with Gasteiger partial charge in [-0.15, -0.1) is 6.58 Å². The zero-order valence-corrected chi connectivity index (χ0v) is 20.5. The van der Waals surface area contributed by atoms with Gasteiger partial charge in [0.2, 0.25) is 0 Å². The van der Waals surface area contributed by atoms with Gasteiger partial charge in [0.05, 0.1) is 39.1 Å². The molecule has 6 heteroatoms. The summed E-state index contributed by atoms with van der Waals surface area (Å²) in [5.74, 6) is 0.